The first-order valence-corrected chi connectivity index (χ1v) is 9.61. The molecule has 0 spiro atoms. The van der Waals surface area contributed by atoms with E-state index in [0.717, 1.165) is 37.3 Å². The van der Waals surface area contributed by atoms with Crippen molar-refractivity contribution in [2.75, 3.05) is 18.5 Å². The summed E-state index contributed by atoms with van der Waals surface area (Å²) in [5.41, 5.74) is 1.15. The van der Waals surface area contributed by atoms with E-state index in [1.165, 1.54) is 11.3 Å². The molecule has 0 bridgehead atoms. The molecule has 2 heterocycles. The molecule has 2 N–H and O–H groups in total. The Kier molecular flexibility index (Phi) is 6.30. The first-order chi connectivity index (χ1) is 12.7. The van der Waals surface area contributed by atoms with Crippen LogP contribution in [0.5, 0.6) is 0 Å². The molecular weight excluding hydrogens is 352 g/mol. The molecule has 1 aliphatic heterocycles. The van der Waals surface area contributed by atoms with Crippen LogP contribution in [0.4, 0.5) is 5.69 Å². The Labute approximate surface area is 156 Å². The normalized spacial score (nSPS) is 16.4. The molecule has 1 aromatic heterocycles. The van der Waals surface area contributed by atoms with E-state index >= 15 is 0 Å². The maximum atomic E-state index is 12.2. The van der Waals surface area contributed by atoms with E-state index < -0.39 is 0 Å². The molecule has 1 aromatic carbocycles. The molecule has 138 valence electrons. The third kappa shape index (κ3) is 4.86. The third-order valence-electron chi connectivity index (χ3n) is 4.04. The summed E-state index contributed by atoms with van der Waals surface area (Å²) in [6.07, 6.45) is 3.93. The van der Waals surface area contributed by atoms with Crippen molar-refractivity contribution >= 4 is 28.8 Å². The van der Waals surface area contributed by atoms with Gasteiger partial charge in [0.15, 0.2) is 0 Å². The van der Waals surface area contributed by atoms with E-state index in [0.29, 0.717) is 22.8 Å². The van der Waals surface area contributed by atoms with Crippen LogP contribution in [0.1, 0.15) is 51.4 Å². The van der Waals surface area contributed by atoms with Gasteiger partial charge in [-0.3, -0.25) is 9.59 Å². The van der Waals surface area contributed by atoms with E-state index in [1.807, 2.05) is 0 Å². The minimum Gasteiger partial charge on any atom is -0.376 e. The SMILES string of the molecule is CCCc1nnc(C(=O)Nc2ccc(C(=O)NC[C@H]3CCCO3)cc2)s1. The molecule has 0 radical (unpaired) electrons. The summed E-state index contributed by atoms with van der Waals surface area (Å²) >= 11 is 1.30. The van der Waals surface area contributed by atoms with Crippen LogP contribution in [0, 0.1) is 0 Å². The Balaban J connectivity index is 1.52. The van der Waals surface area contributed by atoms with Gasteiger partial charge in [0.05, 0.1) is 6.10 Å². The highest BCUT2D eigenvalue weighted by molar-refractivity contribution is 7.13. The molecule has 7 nitrogen and oxygen atoms in total. The third-order valence-corrected chi connectivity index (χ3v) is 5.03. The lowest BCUT2D eigenvalue weighted by Gasteiger charge is -2.11. The Hall–Kier alpha value is -2.32. The molecule has 0 unspecified atom stereocenters. The fraction of sp³-hybridized carbons (Fsp3) is 0.444. The lowest BCUT2D eigenvalue weighted by molar-refractivity contribution is 0.0857. The molecule has 8 heteroatoms. The highest BCUT2D eigenvalue weighted by Gasteiger charge is 2.17. The molecular formula is C18H22N4O3S. The van der Waals surface area contributed by atoms with Crippen LogP contribution >= 0.6 is 11.3 Å². The Morgan fingerprint density at radius 2 is 2.04 bits per heavy atom. The summed E-state index contributed by atoms with van der Waals surface area (Å²) in [5, 5.41) is 14.8. The van der Waals surface area contributed by atoms with Crippen molar-refractivity contribution in [1.29, 1.82) is 0 Å². The molecule has 1 saturated heterocycles. The standard InChI is InChI=1S/C18H22N4O3S/c1-2-4-15-21-22-18(26-15)17(24)20-13-8-6-12(7-9-13)16(23)19-11-14-5-3-10-25-14/h6-9,14H,2-5,10-11H2,1H3,(H,19,23)(H,20,24)/t14-/m1/s1. The van der Waals surface area contributed by atoms with Crippen LogP contribution in [0.3, 0.4) is 0 Å². The summed E-state index contributed by atoms with van der Waals surface area (Å²) in [6.45, 7) is 3.34. The zero-order valence-corrected chi connectivity index (χ0v) is 15.5. The Morgan fingerprint density at radius 1 is 1.23 bits per heavy atom. The summed E-state index contributed by atoms with van der Waals surface area (Å²) in [7, 11) is 0. The first kappa shape index (κ1) is 18.5. The lowest BCUT2D eigenvalue weighted by Crippen LogP contribution is -2.31. The number of amides is 2. The number of hydrogen-bond donors (Lipinski definition) is 2. The molecule has 1 atom stereocenters. The number of nitrogens with zero attached hydrogens (tertiary/aromatic N) is 2. The minimum absolute atomic E-state index is 0.113. The number of rotatable bonds is 7. The van der Waals surface area contributed by atoms with Crippen LogP contribution in [0.25, 0.3) is 0 Å². The van der Waals surface area contributed by atoms with Crippen LogP contribution in [0.15, 0.2) is 24.3 Å². The van der Waals surface area contributed by atoms with Gasteiger partial charge < -0.3 is 15.4 Å². The van der Waals surface area contributed by atoms with Gasteiger partial charge in [-0.15, -0.1) is 10.2 Å². The second kappa shape index (κ2) is 8.86. The van der Waals surface area contributed by atoms with Gasteiger partial charge in [0.1, 0.15) is 5.01 Å². The quantitative estimate of drug-likeness (QED) is 0.777. The van der Waals surface area contributed by atoms with Crippen molar-refractivity contribution in [1.82, 2.24) is 15.5 Å². The highest BCUT2D eigenvalue weighted by atomic mass is 32.1. The number of benzene rings is 1. The first-order valence-electron chi connectivity index (χ1n) is 8.79. The van der Waals surface area contributed by atoms with Crippen molar-refractivity contribution in [3.8, 4) is 0 Å². The van der Waals surface area contributed by atoms with Gasteiger partial charge in [-0.25, -0.2) is 0 Å². The van der Waals surface area contributed by atoms with Crippen molar-refractivity contribution in [3.05, 3.63) is 39.8 Å². The van der Waals surface area contributed by atoms with Crippen LogP contribution in [-0.2, 0) is 11.2 Å². The van der Waals surface area contributed by atoms with Crippen molar-refractivity contribution in [3.63, 3.8) is 0 Å². The topological polar surface area (TPSA) is 93.2 Å². The highest BCUT2D eigenvalue weighted by Crippen LogP contribution is 2.16. The van der Waals surface area contributed by atoms with E-state index in [1.54, 1.807) is 24.3 Å². The predicted molar refractivity (Wildman–Crippen MR) is 99.6 cm³/mol. The molecule has 2 amide bonds. The predicted octanol–water partition coefficient (Wildman–Crippen LogP) is 2.65. The molecule has 1 aliphatic rings. The number of carbonyl (C=O) groups is 2. The zero-order chi connectivity index (χ0) is 18.4. The van der Waals surface area contributed by atoms with E-state index in [4.69, 9.17) is 4.74 Å². The van der Waals surface area contributed by atoms with Crippen LogP contribution < -0.4 is 10.6 Å². The number of nitrogens with one attached hydrogen (secondary N) is 2. The number of carbonyl (C=O) groups excluding carboxylic acids is 2. The monoisotopic (exact) mass is 374 g/mol. The fourth-order valence-corrected chi connectivity index (χ4v) is 3.50. The Bertz CT molecular complexity index is 754. The molecule has 2 aromatic rings. The fourth-order valence-electron chi connectivity index (χ4n) is 2.66. The minimum atomic E-state index is -0.291. The van der Waals surface area contributed by atoms with Gasteiger partial charge in [-0.1, -0.05) is 18.3 Å². The molecule has 3 rings (SSSR count). The van der Waals surface area contributed by atoms with E-state index in [9.17, 15) is 9.59 Å². The van der Waals surface area contributed by atoms with E-state index in [2.05, 4.69) is 27.8 Å². The van der Waals surface area contributed by atoms with Gasteiger partial charge >= 0.3 is 0 Å². The summed E-state index contributed by atoms with van der Waals surface area (Å²) in [5.74, 6) is -0.438. The van der Waals surface area contributed by atoms with E-state index in [-0.39, 0.29) is 17.9 Å². The molecule has 0 saturated carbocycles. The second-order valence-electron chi connectivity index (χ2n) is 6.13. The number of ether oxygens (including phenoxy) is 1. The maximum absolute atomic E-state index is 12.2. The van der Waals surface area contributed by atoms with Crippen molar-refractivity contribution < 1.29 is 14.3 Å². The van der Waals surface area contributed by atoms with Crippen LogP contribution in [0.2, 0.25) is 0 Å². The van der Waals surface area contributed by atoms with Gasteiger partial charge in [0.25, 0.3) is 11.8 Å². The van der Waals surface area contributed by atoms with Gasteiger partial charge in [0, 0.05) is 30.8 Å². The average Bonchev–Trinajstić information content (AvgIpc) is 3.32. The summed E-state index contributed by atoms with van der Waals surface area (Å²) in [4.78, 5) is 24.4. The van der Waals surface area contributed by atoms with Crippen LogP contribution in [-0.4, -0.2) is 41.3 Å². The average molecular weight is 374 g/mol. The zero-order valence-electron chi connectivity index (χ0n) is 14.7. The van der Waals surface area contributed by atoms with Gasteiger partial charge in [-0.05, 0) is 43.5 Å². The Morgan fingerprint density at radius 3 is 2.73 bits per heavy atom. The number of aromatic nitrogens is 2. The van der Waals surface area contributed by atoms with Crippen molar-refractivity contribution in [2.45, 2.75) is 38.7 Å². The number of aryl methyl sites for hydroxylation is 1. The van der Waals surface area contributed by atoms with Gasteiger partial charge in [-0.2, -0.15) is 0 Å². The maximum Gasteiger partial charge on any atom is 0.286 e. The summed E-state index contributed by atoms with van der Waals surface area (Å²) in [6, 6.07) is 6.77. The smallest absolute Gasteiger partial charge is 0.286 e. The lowest BCUT2D eigenvalue weighted by atomic mass is 10.2. The van der Waals surface area contributed by atoms with Gasteiger partial charge in [0.2, 0.25) is 5.01 Å². The number of anilines is 1. The summed E-state index contributed by atoms with van der Waals surface area (Å²) < 4.78 is 5.49. The second-order valence-corrected chi connectivity index (χ2v) is 7.19. The molecule has 1 fully saturated rings. The molecule has 26 heavy (non-hydrogen) atoms. The van der Waals surface area contributed by atoms with Crippen molar-refractivity contribution in [2.24, 2.45) is 0 Å². The number of hydrogen-bond acceptors (Lipinski definition) is 6. The molecule has 0 aliphatic carbocycles. The largest absolute Gasteiger partial charge is 0.376 e.